The average molecular weight is 289 g/mol. The van der Waals surface area contributed by atoms with Gasteiger partial charge in [-0.1, -0.05) is 29.8 Å². The number of nitrogens with one attached hydrogen (secondary N) is 1. The monoisotopic (exact) mass is 288 g/mol. The quantitative estimate of drug-likeness (QED) is 0.902. The van der Waals surface area contributed by atoms with Crippen LogP contribution >= 0.6 is 11.6 Å². The molecule has 3 N–H and O–H groups in total. The molecule has 0 spiro atoms. The first-order valence-corrected chi connectivity index (χ1v) is 6.75. The van der Waals surface area contributed by atoms with Crippen LogP contribution in [0.15, 0.2) is 36.4 Å². The van der Waals surface area contributed by atoms with Gasteiger partial charge in [0.15, 0.2) is 0 Å². The van der Waals surface area contributed by atoms with Crippen LogP contribution in [0, 0.1) is 13.8 Å². The molecule has 2 aromatic carbocycles. The van der Waals surface area contributed by atoms with E-state index in [1.54, 1.807) is 12.1 Å². The molecule has 0 aliphatic rings. The highest BCUT2D eigenvalue weighted by Gasteiger charge is 2.08. The first kappa shape index (κ1) is 14.4. The van der Waals surface area contributed by atoms with Crippen molar-refractivity contribution in [2.45, 2.75) is 20.4 Å². The Morgan fingerprint density at radius 1 is 1.20 bits per heavy atom. The van der Waals surface area contributed by atoms with E-state index in [2.05, 4.69) is 31.3 Å². The summed E-state index contributed by atoms with van der Waals surface area (Å²) >= 11 is 5.93. The maximum atomic E-state index is 11.3. The van der Waals surface area contributed by atoms with Crippen LogP contribution < -0.4 is 11.1 Å². The predicted octanol–water partition coefficient (Wildman–Crippen LogP) is 3.67. The number of aryl methyl sites for hydroxylation is 2. The fourth-order valence-electron chi connectivity index (χ4n) is 2.14. The zero-order valence-corrected chi connectivity index (χ0v) is 12.3. The first-order valence-electron chi connectivity index (χ1n) is 6.37. The van der Waals surface area contributed by atoms with Gasteiger partial charge in [0.1, 0.15) is 0 Å². The van der Waals surface area contributed by atoms with E-state index in [1.165, 1.54) is 16.7 Å². The van der Waals surface area contributed by atoms with Crippen LogP contribution in [0.1, 0.15) is 27.0 Å². The number of anilines is 1. The van der Waals surface area contributed by atoms with Gasteiger partial charge in [0.2, 0.25) is 5.91 Å². The standard InChI is InChI=1S/C16H17ClN2O/c1-10-4-3-5-11(2)14(10)9-19-12-6-7-15(17)13(8-12)16(18)20/h3-8,19H,9H2,1-2H3,(H2,18,20). The molecule has 0 radical (unpaired) electrons. The fraction of sp³-hybridized carbons (Fsp3) is 0.188. The van der Waals surface area contributed by atoms with Crippen molar-refractivity contribution in [3.05, 3.63) is 63.7 Å². The lowest BCUT2D eigenvalue weighted by Crippen LogP contribution is -2.12. The van der Waals surface area contributed by atoms with Crippen LogP contribution in [0.3, 0.4) is 0 Å². The van der Waals surface area contributed by atoms with E-state index in [9.17, 15) is 4.79 Å². The van der Waals surface area contributed by atoms with Gasteiger partial charge in [0.05, 0.1) is 10.6 Å². The van der Waals surface area contributed by atoms with E-state index in [1.807, 2.05) is 12.1 Å². The predicted molar refractivity (Wildman–Crippen MR) is 83.2 cm³/mol. The van der Waals surface area contributed by atoms with Gasteiger partial charge in [-0.05, 0) is 48.7 Å². The molecule has 0 aliphatic carbocycles. The average Bonchev–Trinajstić information content (AvgIpc) is 2.39. The molecule has 0 atom stereocenters. The molecule has 20 heavy (non-hydrogen) atoms. The number of halogens is 1. The molecule has 2 rings (SSSR count). The van der Waals surface area contributed by atoms with Gasteiger partial charge in [-0.2, -0.15) is 0 Å². The summed E-state index contributed by atoms with van der Waals surface area (Å²) in [7, 11) is 0. The third-order valence-corrected chi connectivity index (χ3v) is 3.68. The van der Waals surface area contributed by atoms with Crippen molar-refractivity contribution < 1.29 is 4.79 Å². The van der Waals surface area contributed by atoms with E-state index < -0.39 is 5.91 Å². The molecule has 4 heteroatoms. The topological polar surface area (TPSA) is 55.1 Å². The Bertz CT molecular complexity index is 633. The summed E-state index contributed by atoms with van der Waals surface area (Å²) in [6.07, 6.45) is 0. The number of hydrogen-bond donors (Lipinski definition) is 2. The van der Waals surface area contributed by atoms with Crippen molar-refractivity contribution in [3.63, 3.8) is 0 Å². The maximum absolute atomic E-state index is 11.3. The van der Waals surface area contributed by atoms with E-state index in [0.29, 0.717) is 17.1 Å². The van der Waals surface area contributed by atoms with E-state index >= 15 is 0 Å². The number of carbonyl (C=O) groups is 1. The number of rotatable bonds is 4. The Morgan fingerprint density at radius 3 is 2.45 bits per heavy atom. The molecule has 0 aromatic heterocycles. The number of benzene rings is 2. The first-order chi connectivity index (χ1) is 9.49. The third kappa shape index (κ3) is 3.11. The minimum absolute atomic E-state index is 0.332. The lowest BCUT2D eigenvalue weighted by Gasteiger charge is -2.12. The zero-order chi connectivity index (χ0) is 14.7. The summed E-state index contributed by atoms with van der Waals surface area (Å²) in [6.45, 7) is 4.86. The number of hydrogen-bond acceptors (Lipinski definition) is 2. The summed E-state index contributed by atoms with van der Waals surface area (Å²) in [5.74, 6) is -0.522. The number of carbonyl (C=O) groups excluding carboxylic acids is 1. The molecule has 2 aromatic rings. The van der Waals surface area contributed by atoms with Crippen molar-refractivity contribution in [2.75, 3.05) is 5.32 Å². The fourth-order valence-corrected chi connectivity index (χ4v) is 2.35. The van der Waals surface area contributed by atoms with E-state index in [-0.39, 0.29) is 0 Å². The molecule has 3 nitrogen and oxygen atoms in total. The molecule has 0 saturated carbocycles. The summed E-state index contributed by atoms with van der Waals surface area (Å²) in [4.78, 5) is 11.3. The van der Waals surface area contributed by atoms with Gasteiger partial charge in [-0.3, -0.25) is 4.79 Å². The second kappa shape index (κ2) is 5.97. The minimum atomic E-state index is -0.522. The SMILES string of the molecule is Cc1cccc(C)c1CNc1ccc(Cl)c(C(N)=O)c1. The Labute approximate surface area is 123 Å². The van der Waals surface area contributed by atoms with E-state index in [0.717, 1.165) is 5.69 Å². The van der Waals surface area contributed by atoms with Crippen LogP contribution in [-0.4, -0.2) is 5.91 Å². The molecule has 0 heterocycles. The normalized spacial score (nSPS) is 10.3. The summed E-state index contributed by atoms with van der Waals surface area (Å²) in [6, 6.07) is 11.4. The Hall–Kier alpha value is -2.00. The van der Waals surface area contributed by atoms with Crippen LogP contribution in [-0.2, 0) is 6.54 Å². The summed E-state index contributed by atoms with van der Waals surface area (Å²) in [5.41, 5.74) is 10.2. The van der Waals surface area contributed by atoms with Crippen molar-refractivity contribution in [3.8, 4) is 0 Å². The molecule has 0 fully saturated rings. The minimum Gasteiger partial charge on any atom is -0.381 e. The second-order valence-corrected chi connectivity index (χ2v) is 5.19. The molecular formula is C16H17ClN2O. The van der Waals surface area contributed by atoms with Crippen LogP contribution in [0.25, 0.3) is 0 Å². The molecule has 0 saturated heterocycles. The van der Waals surface area contributed by atoms with Crippen molar-refractivity contribution >= 4 is 23.2 Å². The molecular weight excluding hydrogens is 272 g/mol. The van der Waals surface area contributed by atoms with Gasteiger partial charge in [-0.25, -0.2) is 0 Å². The Morgan fingerprint density at radius 2 is 1.85 bits per heavy atom. The second-order valence-electron chi connectivity index (χ2n) is 4.78. The highest BCUT2D eigenvalue weighted by atomic mass is 35.5. The molecule has 104 valence electrons. The lowest BCUT2D eigenvalue weighted by atomic mass is 10.0. The van der Waals surface area contributed by atoms with Crippen molar-refractivity contribution in [1.29, 1.82) is 0 Å². The smallest absolute Gasteiger partial charge is 0.250 e. The molecule has 0 aliphatic heterocycles. The third-order valence-electron chi connectivity index (χ3n) is 3.35. The van der Waals surface area contributed by atoms with Gasteiger partial charge < -0.3 is 11.1 Å². The highest BCUT2D eigenvalue weighted by Crippen LogP contribution is 2.21. The zero-order valence-electron chi connectivity index (χ0n) is 11.5. The molecule has 0 bridgehead atoms. The van der Waals surface area contributed by atoms with E-state index in [4.69, 9.17) is 17.3 Å². The number of primary amides is 1. The lowest BCUT2D eigenvalue weighted by molar-refractivity contribution is 0.100. The maximum Gasteiger partial charge on any atom is 0.250 e. The van der Waals surface area contributed by atoms with Crippen molar-refractivity contribution in [1.82, 2.24) is 0 Å². The summed E-state index contributed by atoms with van der Waals surface area (Å²) < 4.78 is 0. The summed E-state index contributed by atoms with van der Waals surface area (Å²) in [5, 5.41) is 3.67. The van der Waals surface area contributed by atoms with Crippen LogP contribution in [0.4, 0.5) is 5.69 Å². The van der Waals surface area contributed by atoms with Crippen LogP contribution in [0.2, 0.25) is 5.02 Å². The highest BCUT2D eigenvalue weighted by molar-refractivity contribution is 6.33. The molecule has 0 unspecified atom stereocenters. The number of nitrogens with two attached hydrogens (primary N) is 1. The molecule has 1 amide bonds. The number of amides is 1. The Kier molecular flexibility index (Phi) is 4.30. The van der Waals surface area contributed by atoms with Gasteiger partial charge in [-0.15, -0.1) is 0 Å². The van der Waals surface area contributed by atoms with Gasteiger partial charge in [0, 0.05) is 12.2 Å². The Balaban J connectivity index is 2.19. The van der Waals surface area contributed by atoms with Crippen molar-refractivity contribution in [2.24, 2.45) is 5.73 Å². The largest absolute Gasteiger partial charge is 0.381 e. The van der Waals surface area contributed by atoms with Crippen LogP contribution in [0.5, 0.6) is 0 Å². The van der Waals surface area contributed by atoms with Gasteiger partial charge in [0.25, 0.3) is 0 Å². The van der Waals surface area contributed by atoms with Gasteiger partial charge >= 0.3 is 0 Å².